The molecule has 2 aromatic rings. The molecule has 3 rings (SSSR count). The maximum absolute atomic E-state index is 9.14. The molecule has 1 aliphatic rings. The van der Waals surface area contributed by atoms with Gasteiger partial charge in [0.15, 0.2) is 0 Å². The molecule has 1 aliphatic heterocycles. The van der Waals surface area contributed by atoms with Crippen LogP contribution in [0.3, 0.4) is 0 Å². The van der Waals surface area contributed by atoms with Gasteiger partial charge in [0.1, 0.15) is 0 Å². The van der Waals surface area contributed by atoms with Crippen molar-refractivity contribution in [2.45, 2.75) is 25.8 Å². The SMILES string of the molecule is CN=CC(=CN)c1ccc2c(c1)C(Nc1ccc(CCO)cc1)CCN(N)/C2=C(/C)N. The fourth-order valence-electron chi connectivity index (χ4n) is 3.98. The summed E-state index contributed by atoms with van der Waals surface area (Å²) in [6.45, 7) is 2.67. The van der Waals surface area contributed by atoms with Gasteiger partial charge in [-0.25, -0.2) is 5.84 Å². The van der Waals surface area contributed by atoms with Crippen LogP contribution < -0.4 is 22.6 Å². The van der Waals surface area contributed by atoms with E-state index in [1.54, 1.807) is 24.5 Å². The van der Waals surface area contributed by atoms with Crippen LogP contribution in [-0.4, -0.2) is 36.5 Å². The van der Waals surface area contributed by atoms with Crippen LogP contribution in [0.15, 0.2) is 59.4 Å². The summed E-state index contributed by atoms with van der Waals surface area (Å²) in [6.07, 6.45) is 4.76. The molecule has 0 amide bonds. The molecule has 0 radical (unpaired) electrons. The molecule has 1 heterocycles. The third kappa shape index (κ3) is 5.07. The lowest BCUT2D eigenvalue weighted by Crippen LogP contribution is -2.31. The third-order valence-corrected chi connectivity index (χ3v) is 5.48. The Balaban J connectivity index is 2.06. The number of benzene rings is 2. The second kappa shape index (κ2) is 10.1. The minimum absolute atomic E-state index is 0.0270. The Morgan fingerprint density at radius 3 is 2.61 bits per heavy atom. The number of nitrogens with zero attached hydrogens (tertiary/aromatic N) is 2. The van der Waals surface area contributed by atoms with Crippen molar-refractivity contribution in [2.75, 3.05) is 25.5 Å². The second-order valence-electron chi connectivity index (χ2n) is 7.69. The van der Waals surface area contributed by atoms with Crippen LogP contribution in [0.25, 0.3) is 11.3 Å². The Hall–Kier alpha value is -3.29. The van der Waals surface area contributed by atoms with Crippen LogP contribution in [0, 0.1) is 0 Å². The van der Waals surface area contributed by atoms with Crippen LogP contribution in [0.4, 0.5) is 5.69 Å². The minimum atomic E-state index is 0.0270. The summed E-state index contributed by atoms with van der Waals surface area (Å²) in [5.74, 6) is 6.37. The number of nitrogens with one attached hydrogen (secondary N) is 1. The number of hydrogen-bond acceptors (Lipinski definition) is 7. The minimum Gasteiger partial charge on any atom is -0.404 e. The molecular weight excluding hydrogens is 388 g/mol. The lowest BCUT2D eigenvalue weighted by atomic mass is 9.92. The number of hydrazine groups is 1. The van der Waals surface area contributed by atoms with Gasteiger partial charge in [-0.3, -0.25) is 4.99 Å². The number of nitrogens with two attached hydrogens (primary N) is 3. The Labute approximate surface area is 183 Å². The predicted molar refractivity (Wildman–Crippen MR) is 129 cm³/mol. The van der Waals surface area contributed by atoms with Gasteiger partial charge in [0, 0.05) is 55.1 Å². The third-order valence-electron chi connectivity index (χ3n) is 5.48. The maximum Gasteiger partial charge on any atom is 0.0777 e. The molecule has 1 atom stereocenters. The van der Waals surface area contributed by atoms with Crippen LogP contribution >= 0.6 is 0 Å². The molecule has 1 unspecified atom stereocenters. The summed E-state index contributed by atoms with van der Waals surface area (Å²) in [7, 11) is 1.72. The molecule has 0 spiro atoms. The molecular formula is C24H32N6O. The number of hydrogen-bond donors (Lipinski definition) is 5. The van der Waals surface area contributed by atoms with E-state index in [2.05, 4.69) is 16.4 Å². The average molecular weight is 421 g/mol. The number of aliphatic imine (C=N–C) groups is 1. The molecule has 0 fully saturated rings. The van der Waals surface area contributed by atoms with Gasteiger partial charge in [0.2, 0.25) is 0 Å². The Morgan fingerprint density at radius 1 is 1.26 bits per heavy atom. The van der Waals surface area contributed by atoms with Gasteiger partial charge >= 0.3 is 0 Å². The van der Waals surface area contributed by atoms with Crippen molar-refractivity contribution in [3.8, 4) is 0 Å². The molecule has 7 heteroatoms. The van der Waals surface area contributed by atoms with Crippen LogP contribution in [0.5, 0.6) is 0 Å². The summed E-state index contributed by atoms with van der Waals surface area (Å²) in [4.78, 5) is 4.11. The summed E-state index contributed by atoms with van der Waals surface area (Å²) in [5, 5.41) is 14.5. The highest BCUT2D eigenvalue weighted by Crippen LogP contribution is 2.36. The van der Waals surface area contributed by atoms with Gasteiger partial charge in [0.05, 0.1) is 11.7 Å². The van der Waals surface area contributed by atoms with Crippen molar-refractivity contribution in [1.82, 2.24) is 5.01 Å². The number of anilines is 1. The van der Waals surface area contributed by atoms with Crippen molar-refractivity contribution in [3.63, 3.8) is 0 Å². The molecule has 0 aromatic heterocycles. The highest BCUT2D eigenvalue weighted by Gasteiger charge is 2.26. The van der Waals surface area contributed by atoms with Gasteiger partial charge in [-0.1, -0.05) is 24.3 Å². The van der Waals surface area contributed by atoms with E-state index in [-0.39, 0.29) is 12.6 Å². The van der Waals surface area contributed by atoms with Crippen molar-refractivity contribution in [1.29, 1.82) is 0 Å². The van der Waals surface area contributed by atoms with E-state index < -0.39 is 0 Å². The highest BCUT2D eigenvalue weighted by molar-refractivity contribution is 6.09. The molecule has 31 heavy (non-hydrogen) atoms. The van der Waals surface area contributed by atoms with Crippen LogP contribution in [-0.2, 0) is 6.42 Å². The first-order valence-electron chi connectivity index (χ1n) is 10.4. The maximum atomic E-state index is 9.14. The first kappa shape index (κ1) is 22.4. The number of aliphatic hydroxyl groups is 1. The molecule has 2 aromatic carbocycles. The summed E-state index contributed by atoms with van der Waals surface area (Å²) in [6, 6.07) is 14.4. The zero-order valence-electron chi connectivity index (χ0n) is 18.2. The number of allylic oxidation sites excluding steroid dienone is 2. The smallest absolute Gasteiger partial charge is 0.0777 e. The van der Waals surface area contributed by atoms with E-state index in [9.17, 15) is 0 Å². The largest absolute Gasteiger partial charge is 0.404 e. The zero-order valence-corrected chi connectivity index (χ0v) is 18.2. The first-order chi connectivity index (χ1) is 15.0. The van der Waals surface area contributed by atoms with Crippen molar-refractivity contribution in [2.24, 2.45) is 22.3 Å². The van der Waals surface area contributed by atoms with Gasteiger partial charge in [0.25, 0.3) is 0 Å². The van der Waals surface area contributed by atoms with Crippen molar-refractivity contribution < 1.29 is 5.11 Å². The fraction of sp³-hybridized carbons (Fsp3) is 0.292. The van der Waals surface area contributed by atoms with E-state index in [4.69, 9.17) is 22.4 Å². The van der Waals surface area contributed by atoms with Gasteiger partial charge in [-0.15, -0.1) is 0 Å². The van der Waals surface area contributed by atoms with E-state index >= 15 is 0 Å². The monoisotopic (exact) mass is 420 g/mol. The van der Waals surface area contributed by atoms with Crippen molar-refractivity contribution in [3.05, 3.63) is 76.6 Å². The fourth-order valence-corrected chi connectivity index (χ4v) is 3.98. The first-order valence-corrected chi connectivity index (χ1v) is 10.4. The molecule has 0 saturated carbocycles. The molecule has 0 bridgehead atoms. The van der Waals surface area contributed by atoms with E-state index in [1.807, 2.05) is 43.3 Å². The molecule has 164 valence electrons. The van der Waals surface area contributed by atoms with Crippen molar-refractivity contribution >= 4 is 23.2 Å². The molecule has 0 saturated heterocycles. The second-order valence-corrected chi connectivity index (χ2v) is 7.69. The van der Waals surface area contributed by atoms with Crippen LogP contribution in [0.2, 0.25) is 0 Å². The summed E-state index contributed by atoms with van der Waals surface area (Å²) < 4.78 is 0. The van der Waals surface area contributed by atoms with Crippen LogP contribution in [0.1, 0.15) is 41.6 Å². The zero-order chi connectivity index (χ0) is 22.4. The van der Waals surface area contributed by atoms with Gasteiger partial charge in [-0.05, 0) is 54.7 Å². The van der Waals surface area contributed by atoms with Gasteiger partial charge < -0.3 is 26.9 Å². The predicted octanol–water partition coefficient (Wildman–Crippen LogP) is 2.60. The van der Waals surface area contributed by atoms with E-state index in [1.165, 1.54) is 0 Å². The molecule has 8 N–H and O–H groups in total. The number of aliphatic hydroxyl groups excluding tert-OH is 1. The highest BCUT2D eigenvalue weighted by atomic mass is 16.2. The van der Waals surface area contributed by atoms with E-state index in [0.717, 1.165) is 45.6 Å². The van der Waals surface area contributed by atoms with Gasteiger partial charge in [-0.2, -0.15) is 0 Å². The number of rotatable bonds is 6. The Morgan fingerprint density at radius 2 is 2.00 bits per heavy atom. The number of fused-ring (bicyclic) bond motifs is 1. The average Bonchev–Trinajstić information content (AvgIpc) is 2.89. The Kier molecular flexibility index (Phi) is 7.33. The van der Waals surface area contributed by atoms with E-state index in [0.29, 0.717) is 18.7 Å². The Bertz CT molecular complexity index is 990. The molecule has 0 aliphatic carbocycles. The topological polar surface area (TPSA) is 126 Å². The quantitative estimate of drug-likeness (QED) is 0.361. The normalized spacial score (nSPS) is 18.6. The molecule has 7 nitrogen and oxygen atoms in total. The summed E-state index contributed by atoms with van der Waals surface area (Å²) in [5.41, 5.74) is 19.6. The lowest BCUT2D eigenvalue weighted by Gasteiger charge is -2.22. The summed E-state index contributed by atoms with van der Waals surface area (Å²) >= 11 is 0. The standard InChI is InChI=1S/C24H32N6O/c1-16(26)24-21-8-5-18(19(14-25)15-28-2)13-22(21)23(9-11-30(24)27)29-20-6-3-17(4-7-20)10-12-31/h3-8,13-15,23,29,31H,9-12,25-27H2,1-2H3/b19-14?,24-16-,28-15?. The lowest BCUT2D eigenvalue weighted by molar-refractivity contribution is 0.299.